The first kappa shape index (κ1) is 13.4. The number of esters is 1. The Morgan fingerprint density at radius 2 is 1.29 bits per heavy atom. The molecular weight excluding hydrogens is 264 g/mol. The first-order chi connectivity index (χ1) is 10.2. The second kappa shape index (κ2) is 5.44. The van der Waals surface area contributed by atoms with Crippen molar-refractivity contribution in [1.29, 1.82) is 0 Å². The van der Waals surface area contributed by atoms with Gasteiger partial charge in [0.1, 0.15) is 0 Å². The van der Waals surface area contributed by atoms with Crippen LogP contribution in [0.4, 0.5) is 0 Å². The van der Waals surface area contributed by atoms with E-state index in [-0.39, 0.29) is 5.76 Å². The maximum atomic E-state index is 11.7. The molecule has 0 amide bonds. The van der Waals surface area contributed by atoms with Crippen LogP contribution in [0.15, 0.2) is 73.0 Å². The third-order valence-electron chi connectivity index (χ3n) is 3.45. The van der Waals surface area contributed by atoms with Gasteiger partial charge in [-0.05, 0) is 17.7 Å². The lowest BCUT2D eigenvalue weighted by molar-refractivity contribution is -0.170. The lowest BCUT2D eigenvalue weighted by Crippen LogP contribution is -2.35. The molecule has 0 spiro atoms. The number of benzene rings is 2. The second-order valence-corrected chi connectivity index (χ2v) is 5.15. The Labute approximate surface area is 123 Å². The normalized spacial score (nSPS) is 16.4. The van der Waals surface area contributed by atoms with E-state index in [1.165, 1.54) is 0 Å². The molecule has 0 unspecified atom stereocenters. The Morgan fingerprint density at radius 3 is 1.67 bits per heavy atom. The highest BCUT2D eigenvalue weighted by Gasteiger charge is 2.45. The summed E-state index contributed by atoms with van der Waals surface area (Å²) in [5, 5.41) is 0. The summed E-state index contributed by atoms with van der Waals surface area (Å²) in [5.74, 6) is -1.42. The van der Waals surface area contributed by atoms with Crippen molar-refractivity contribution < 1.29 is 14.3 Å². The predicted molar refractivity (Wildman–Crippen MR) is 79.3 cm³/mol. The van der Waals surface area contributed by atoms with Gasteiger partial charge in [-0.2, -0.15) is 0 Å². The molecule has 0 aliphatic carbocycles. The Hall–Kier alpha value is -2.55. The van der Waals surface area contributed by atoms with Crippen LogP contribution < -0.4 is 0 Å². The predicted octanol–water partition coefficient (Wildman–Crippen LogP) is 3.26. The van der Waals surface area contributed by atoms with Crippen LogP contribution in [0.25, 0.3) is 0 Å². The van der Waals surface area contributed by atoms with E-state index >= 15 is 0 Å². The topological polar surface area (TPSA) is 35.5 Å². The molecule has 3 heteroatoms. The number of carbonyl (C=O) groups excluding carboxylic acids is 1. The van der Waals surface area contributed by atoms with Gasteiger partial charge in [0.25, 0.3) is 5.79 Å². The zero-order valence-electron chi connectivity index (χ0n) is 11.6. The van der Waals surface area contributed by atoms with E-state index in [2.05, 4.69) is 6.58 Å². The fraction of sp³-hybridized carbons (Fsp3) is 0.167. The van der Waals surface area contributed by atoms with Crippen LogP contribution in [-0.4, -0.2) is 11.8 Å². The van der Waals surface area contributed by atoms with Gasteiger partial charge in [-0.25, -0.2) is 4.79 Å². The van der Waals surface area contributed by atoms with Gasteiger partial charge in [0.05, 0.1) is 12.8 Å². The lowest BCUT2D eigenvalue weighted by atomic mass is 9.98. The van der Waals surface area contributed by atoms with E-state index in [1.807, 2.05) is 60.7 Å². The Bertz CT molecular complexity index is 587. The van der Waals surface area contributed by atoms with Crippen LogP contribution in [0.3, 0.4) is 0 Å². The smallest absolute Gasteiger partial charge is 0.376 e. The quantitative estimate of drug-likeness (QED) is 0.637. The first-order valence-electron chi connectivity index (χ1n) is 6.86. The lowest BCUT2D eigenvalue weighted by Gasteiger charge is -2.26. The number of carbonyl (C=O) groups is 1. The molecule has 1 aliphatic rings. The molecule has 0 saturated carbocycles. The van der Waals surface area contributed by atoms with E-state index in [0.717, 1.165) is 11.1 Å². The zero-order chi connectivity index (χ0) is 14.7. The molecule has 2 aromatic rings. The number of hydrogen-bond acceptors (Lipinski definition) is 3. The van der Waals surface area contributed by atoms with E-state index in [1.54, 1.807) is 0 Å². The van der Waals surface area contributed by atoms with Crippen molar-refractivity contribution in [3.05, 3.63) is 84.1 Å². The molecule has 3 rings (SSSR count). The van der Waals surface area contributed by atoms with Gasteiger partial charge in [0, 0.05) is 0 Å². The van der Waals surface area contributed by atoms with E-state index in [9.17, 15) is 4.79 Å². The third kappa shape index (κ3) is 2.97. The molecule has 1 heterocycles. The van der Waals surface area contributed by atoms with Gasteiger partial charge in [-0.3, -0.25) is 0 Å². The summed E-state index contributed by atoms with van der Waals surface area (Å²) in [7, 11) is 0. The second-order valence-electron chi connectivity index (χ2n) is 5.15. The average Bonchev–Trinajstić information content (AvgIpc) is 2.75. The summed E-state index contributed by atoms with van der Waals surface area (Å²) in [4.78, 5) is 11.7. The summed E-state index contributed by atoms with van der Waals surface area (Å²) >= 11 is 0. The van der Waals surface area contributed by atoms with Gasteiger partial charge in [0.15, 0.2) is 0 Å². The van der Waals surface area contributed by atoms with Gasteiger partial charge >= 0.3 is 5.97 Å². The molecular formula is C18H16O3. The standard InChI is InChI=1S/C18H16O3/c1-14-17(19)21-18(20-14,12-15-8-4-2-5-9-15)13-16-10-6-3-7-11-16/h2-11H,1,12-13H2. The first-order valence-corrected chi connectivity index (χ1v) is 6.86. The largest absolute Gasteiger partial charge is 0.444 e. The minimum atomic E-state index is -1.00. The Kier molecular flexibility index (Phi) is 3.48. The highest BCUT2D eigenvalue weighted by Crippen LogP contribution is 2.33. The molecule has 1 aliphatic heterocycles. The van der Waals surface area contributed by atoms with Crippen LogP contribution in [0.1, 0.15) is 11.1 Å². The van der Waals surface area contributed by atoms with E-state index < -0.39 is 11.8 Å². The number of rotatable bonds is 4. The Balaban J connectivity index is 1.89. The minimum absolute atomic E-state index is 0.0712. The molecule has 2 aromatic carbocycles. The van der Waals surface area contributed by atoms with Crippen molar-refractivity contribution in [3.8, 4) is 0 Å². The molecule has 0 radical (unpaired) electrons. The maximum Gasteiger partial charge on any atom is 0.376 e. The van der Waals surface area contributed by atoms with Crippen LogP contribution in [-0.2, 0) is 27.1 Å². The van der Waals surface area contributed by atoms with Crippen molar-refractivity contribution in [2.45, 2.75) is 18.6 Å². The van der Waals surface area contributed by atoms with Crippen molar-refractivity contribution in [2.75, 3.05) is 0 Å². The molecule has 0 aromatic heterocycles. The maximum absolute atomic E-state index is 11.7. The molecule has 0 bridgehead atoms. The summed E-state index contributed by atoms with van der Waals surface area (Å²) in [5.41, 5.74) is 2.10. The fourth-order valence-electron chi connectivity index (χ4n) is 2.53. The highest BCUT2D eigenvalue weighted by atomic mass is 16.8. The summed E-state index contributed by atoms with van der Waals surface area (Å²) in [6.07, 6.45) is 0.987. The highest BCUT2D eigenvalue weighted by molar-refractivity contribution is 5.87. The van der Waals surface area contributed by atoms with Crippen LogP contribution in [0.5, 0.6) is 0 Å². The molecule has 3 nitrogen and oxygen atoms in total. The van der Waals surface area contributed by atoms with Gasteiger partial charge in [-0.15, -0.1) is 0 Å². The third-order valence-corrected chi connectivity index (χ3v) is 3.45. The number of cyclic esters (lactones) is 1. The summed E-state index contributed by atoms with van der Waals surface area (Å²) in [6, 6.07) is 19.7. The van der Waals surface area contributed by atoms with Crippen LogP contribution >= 0.6 is 0 Å². The number of ether oxygens (including phenoxy) is 2. The van der Waals surface area contributed by atoms with Gasteiger partial charge in [0.2, 0.25) is 5.76 Å². The SMILES string of the molecule is C=C1OC(Cc2ccccc2)(Cc2ccccc2)OC1=O. The average molecular weight is 280 g/mol. The van der Waals surface area contributed by atoms with Gasteiger partial charge < -0.3 is 9.47 Å². The van der Waals surface area contributed by atoms with Crippen molar-refractivity contribution >= 4 is 5.97 Å². The fourth-order valence-corrected chi connectivity index (χ4v) is 2.53. The summed E-state index contributed by atoms with van der Waals surface area (Å²) in [6.45, 7) is 3.62. The van der Waals surface area contributed by atoms with Crippen molar-refractivity contribution in [3.63, 3.8) is 0 Å². The molecule has 0 atom stereocenters. The molecule has 106 valence electrons. The molecule has 21 heavy (non-hydrogen) atoms. The molecule has 0 N–H and O–H groups in total. The van der Waals surface area contributed by atoms with Crippen molar-refractivity contribution in [1.82, 2.24) is 0 Å². The molecule has 1 saturated heterocycles. The monoisotopic (exact) mass is 280 g/mol. The molecule has 1 fully saturated rings. The zero-order valence-corrected chi connectivity index (χ0v) is 11.6. The number of hydrogen-bond donors (Lipinski definition) is 0. The minimum Gasteiger partial charge on any atom is -0.444 e. The van der Waals surface area contributed by atoms with E-state index in [0.29, 0.717) is 12.8 Å². The van der Waals surface area contributed by atoms with E-state index in [4.69, 9.17) is 9.47 Å². The van der Waals surface area contributed by atoms with Gasteiger partial charge in [-0.1, -0.05) is 60.7 Å². The van der Waals surface area contributed by atoms with Crippen LogP contribution in [0, 0.1) is 0 Å². The van der Waals surface area contributed by atoms with Crippen LogP contribution in [0.2, 0.25) is 0 Å². The van der Waals surface area contributed by atoms with Crippen molar-refractivity contribution in [2.24, 2.45) is 0 Å². The Morgan fingerprint density at radius 1 is 0.810 bits per heavy atom. The summed E-state index contributed by atoms with van der Waals surface area (Å²) < 4.78 is 11.2.